The maximum atomic E-state index is 13.1. The van der Waals surface area contributed by atoms with Gasteiger partial charge in [-0.3, -0.25) is 4.79 Å². The standard InChI is InChI=1S/C19H17F3O4/c1-24-12-10-17(25-2)14(18(11-12)26-3)8-9-16(23)13-6-4-5-7-15(13)19(20,21)22/h4-11H,1-3H3/b9-8+. The molecule has 26 heavy (non-hydrogen) atoms. The zero-order valence-electron chi connectivity index (χ0n) is 14.4. The number of allylic oxidation sites excluding steroid dienone is 1. The molecule has 2 aromatic rings. The molecule has 0 fully saturated rings. The third kappa shape index (κ3) is 4.17. The number of rotatable bonds is 6. The van der Waals surface area contributed by atoms with E-state index >= 15 is 0 Å². The van der Waals surface area contributed by atoms with Gasteiger partial charge in [0.2, 0.25) is 0 Å². The summed E-state index contributed by atoms with van der Waals surface area (Å²) in [6.45, 7) is 0. The van der Waals surface area contributed by atoms with E-state index in [4.69, 9.17) is 14.2 Å². The first kappa shape index (κ1) is 19.4. The summed E-state index contributed by atoms with van der Waals surface area (Å²) in [5.74, 6) is 0.408. The van der Waals surface area contributed by atoms with Gasteiger partial charge in [0.25, 0.3) is 0 Å². The van der Waals surface area contributed by atoms with E-state index in [0.717, 1.165) is 18.2 Å². The lowest BCUT2D eigenvalue weighted by Gasteiger charge is -2.13. The van der Waals surface area contributed by atoms with Crippen molar-refractivity contribution in [3.05, 3.63) is 59.2 Å². The van der Waals surface area contributed by atoms with Crippen molar-refractivity contribution in [2.75, 3.05) is 21.3 Å². The summed E-state index contributed by atoms with van der Waals surface area (Å²) in [6.07, 6.45) is -2.21. The molecule has 2 rings (SSSR count). The molecule has 2 aromatic carbocycles. The van der Waals surface area contributed by atoms with E-state index in [1.165, 1.54) is 39.5 Å². The van der Waals surface area contributed by atoms with Gasteiger partial charge in [-0.15, -0.1) is 0 Å². The fraction of sp³-hybridized carbons (Fsp3) is 0.211. The molecule has 7 heteroatoms. The van der Waals surface area contributed by atoms with Crippen LogP contribution in [0.5, 0.6) is 17.2 Å². The van der Waals surface area contributed by atoms with E-state index in [1.807, 2.05) is 0 Å². The third-order valence-electron chi connectivity index (χ3n) is 3.65. The number of ether oxygens (including phenoxy) is 3. The summed E-state index contributed by atoms with van der Waals surface area (Å²) in [4.78, 5) is 12.3. The Kier molecular flexibility index (Phi) is 5.92. The highest BCUT2D eigenvalue weighted by molar-refractivity contribution is 6.08. The highest BCUT2D eigenvalue weighted by Crippen LogP contribution is 2.36. The SMILES string of the molecule is COc1cc(OC)c(/C=C/C(=O)c2ccccc2C(F)(F)F)c(OC)c1. The zero-order chi connectivity index (χ0) is 19.3. The van der Waals surface area contributed by atoms with Crippen molar-refractivity contribution in [3.63, 3.8) is 0 Å². The van der Waals surface area contributed by atoms with Crippen LogP contribution in [0.25, 0.3) is 6.08 Å². The molecule has 0 aliphatic rings. The predicted octanol–water partition coefficient (Wildman–Crippen LogP) is 4.63. The van der Waals surface area contributed by atoms with Crippen molar-refractivity contribution >= 4 is 11.9 Å². The minimum Gasteiger partial charge on any atom is -0.496 e. The molecule has 0 atom stereocenters. The Balaban J connectivity index is 2.44. The van der Waals surface area contributed by atoms with E-state index in [0.29, 0.717) is 22.8 Å². The largest absolute Gasteiger partial charge is 0.496 e. The van der Waals surface area contributed by atoms with Crippen LogP contribution < -0.4 is 14.2 Å². The summed E-state index contributed by atoms with van der Waals surface area (Å²) in [5.41, 5.74) is -1.00. The summed E-state index contributed by atoms with van der Waals surface area (Å²) >= 11 is 0. The van der Waals surface area contributed by atoms with Crippen molar-refractivity contribution in [3.8, 4) is 17.2 Å². The molecule has 0 spiro atoms. The summed E-state index contributed by atoms with van der Waals surface area (Å²) in [7, 11) is 4.32. The Labute approximate surface area is 148 Å². The number of ketones is 1. The van der Waals surface area contributed by atoms with Crippen LogP contribution >= 0.6 is 0 Å². The van der Waals surface area contributed by atoms with Crippen molar-refractivity contribution in [1.29, 1.82) is 0 Å². The molecule has 0 saturated carbocycles. The van der Waals surface area contributed by atoms with Gasteiger partial charge in [-0.25, -0.2) is 0 Å². The average Bonchev–Trinajstić information content (AvgIpc) is 2.64. The number of methoxy groups -OCH3 is 3. The van der Waals surface area contributed by atoms with E-state index in [2.05, 4.69) is 0 Å². The molecule has 0 aliphatic heterocycles. The molecule has 0 heterocycles. The summed E-state index contributed by atoms with van der Waals surface area (Å²) < 4.78 is 54.8. The number of hydrogen-bond acceptors (Lipinski definition) is 4. The number of hydrogen-bond donors (Lipinski definition) is 0. The van der Waals surface area contributed by atoms with Crippen LogP contribution in [0.3, 0.4) is 0 Å². The normalized spacial score (nSPS) is 11.5. The monoisotopic (exact) mass is 366 g/mol. The Morgan fingerprint density at radius 3 is 2.04 bits per heavy atom. The van der Waals surface area contributed by atoms with Gasteiger partial charge in [0, 0.05) is 17.7 Å². The average molecular weight is 366 g/mol. The first-order valence-corrected chi connectivity index (χ1v) is 7.50. The minimum absolute atomic E-state index is 0.356. The predicted molar refractivity (Wildman–Crippen MR) is 90.9 cm³/mol. The number of halogens is 3. The quantitative estimate of drug-likeness (QED) is 0.552. The van der Waals surface area contributed by atoms with Crippen LogP contribution in [0.1, 0.15) is 21.5 Å². The van der Waals surface area contributed by atoms with Crippen molar-refractivity contribution in [2.24, 2.45) is 0 Å². The zero-order valence-corrected chi connectivity index (χ0v) is 14.4. The van der Waals surface area contributed by atoms with Crippen molar-refractivity contribution in [2.45, 2.75) is 6.18 Å². The number of alkyl halides is 3. The van der Waals surface area contributed by atoms with Gasteiger partial charge < -0.3 is 14.2 Å². The topological polar surface area (TPSA) is 44.8 Å². The maximum Gasteiger partial charge on any atom is 0.417 e. The van der Waals surface area contributed by atoms with Gasteiger partial charge >= 0.3 is 6.18 Å². The van der Waals surface area contributed by atoms with Gasteiger partial charge in [0.15, 0.2) is 5.78 Å². The lowest BCUT2D eigenvalue weighted by Crippen LogP contribution is -2.11. The number of benzene rings is 2. The Hall–Kier alpha value is -2.96. The smallest absolute Gasteiger partial charge is 0.417 e. The molecule has 0 saturated heterocycles. The van der Waals surface area contributed by atoms with Gasteiger partial charge in [0.05, 0.1) is 32.5 Å². The van der Waals surface area contributed by atoms with E-state index in [9.17, 15) is 18.0 Å². The van der Waals surface area contributed by atoms with Crippen LogP contribution in [-0.4, -0.2) is 27.1 Å². The van der Waals surface area contributed by atoms with Crippen molar-refractivity contribution in [1.82, 2.24) is 0 Å². The highest BCUT2D eigenvalue weighted by Gasteiger charge is 2.34. The molecule has 0 unspecified atom stereocenters. The van der Waals surface area contributed by atoms with Gasteiger partial charge in [-0.05, 0) is 18.2 Å². The molecule has 4 nitrogen and oxygen atoms in total. The Morgan fingerprint density at radius 2 is 1.54 bits per heavy atom. The van der Waals surface area contributed by atoms with Gasteiger partial charge in [-0.2, -0.15) is 13.2 Å². The number of carbonyl (C=O) groups is 1. The summed E-state index contributed by atoms with van der Waals surface area (Å²) in [5, 5.41) is 0. The first-order chi connectivity index (χ1) is 12.3. The third-order valence-corrected chi connectivity index (χ3v) is 3.65. The number of carbonyl (C=O) groups excluding carboxylic acids is 1. The summed E-state index contributed by atoms with van der Waals surface area (Å²) in [6, 6.07) is 7.78. The van der Waals surface area contributed by atoms with Crippen LogP contribution in [0, 0.1) is 0 Å². The fourth-order valence-corrected chi connectivity index (χ4v) is 2.39. The molecule has 138 valence electrons. The highest BCUT2D eigenvalue weighted by atomic mass is 19.4. The minimum atomic E-state index is -4.62. The van der Waals surface area contributed by atoms with Gasteiger partial charge in [-0.1, -0.05) is 18.2 Å². The molecular weight excluding hydrogens is 349 g/mol. The fourth-order valence-electron chi connectivity index (χ4n) is 2.39. The van der Waals surface area contributed by atoms with Crippen LogP contribution in [-0.2, 0) is 6.18 Å². The van der Waals surface area contributed by atoms with Crippen molar-refractivity contribution < 1.29 is 32.2 Å². The lowest BCUT2D eigenvalue weighted by atomic mass is 10.0. The first-order valence-electron chi connectivity index (χ1n) is 7.50. The molecule has 0 N–H and O–H groups in total. The molecule has 0 bridgehead atoms. The second-order valence-electron chi connectivity index (χ2n) is 5.19. The molecule has 0 aliphatic carbocycles. The van der Waals surface area contributed by atoms with E-state index in [-0.39, 0.29) is 0 Å². The Morgan fingerprint density at radius 1 is 0.962 bits per heavy atom. The van der Waals surface area contributed by atoms with E-state index in [1.54, 1.807) is 12.1 Å². The lowest BCUT2D eigenvalue weighted by molar-refractivity contribution is -0.137. The molecule has 0 amide bonds. The molecule has 0 aromatic heterocycles. The molecule has 0 radical (unpaired) electrons. The molecular formula is C19H17F3O4. The van der Waals surface area contributed by atoms with E-state index < -0.39 is 23.1 Å². The Bertz CT molecular complexity index is 801. The van der Waals surface area contributed by atoms with Crippen LogP contribution in [0.4, 0.5) is 13.2 Å². The van der Waals surface area contributed by atoms with Crippen LogP contribution in [0.2, 0.25) is 0 Å². The maximum absolute atomic E-state index is 13.1. The van der Waals surface area contributed by atoms with Crippen LogP contribution in [0.15, 0.2) is 42.5 Å². The van der Waals surface area contributed by atoms with Gasteiger partial charge in [0.1, 0.15) is 17.2 Å². The second-order valence-corrected chi connectivity index (χ2v) is 5.19. The second kappa shape index (κ2) is 7.95.